The molecule has 2 fully saturated rings. The first kappa shape index (κ1) is 20.6. The molecule has 3 aromatic rings. The van der Waals surface area contributed by atoms with Gasteiger partial charge in [0.05, 0.1) is 21.7 Å². The standard InChI is InChI=1S/C28H29N3O3S/c29-22(35)10-15-3-5-19-17(9-15)18-12-28(33)21-11-16-4-6-20(32)25-23(16)27(28,26(34-25)24(18)30-19)7-8-31(21)13-14-1-2-14/h3-6,9,14,21,26,30,32-33H,1-2,7-8,10-13H2,(H2,29,35)/t21-,26-,27-,28+/m0/s1. The predicted octanol–water partition coefficient (Wildman–Crippen LogP) is 3.40. The van der Waals surface area contributed by atoms with Crippen molar-refractivity contribution in [2.75, 3.05) is 13.1 Å². The smallest absolute Gasteiger partial charge is 0.166 e. The summed E-state index contributed by atoms with van der Waals surface area (Å²) in [6.45, 7) is 2.01. The number of piperidine rings is 1. The van der Waals surface area contributed by atoms with Gasteiger partial charge in [0.25, 0.3) is 0 Å². The molecule has 5 aliphatic rings. The Morgan fingerprint density at radius 1 is 1.26 bits per heavy atom. The zero-order chi connectivity index (χ0) is 23.7. The Morgan fingerprint density at radius 2 is 2.11 bits per heavy atom. The molecule has 2 bridgehead atoms. The Kier molecular flexibility index (Phi) is 3.87. The van der Waals surface area contributed by atoms with Crippen LogP contribution >= 0.6 is 12.2 Å². The van der Waals surface area contributed by atoms with Crippen LogP contribution in [0.5, 0.6) is 11.5 Å². The topological polar surface area (TPSA) is 94.7 Å². The van der Waals surface area contributed by atoms with E-state index in [9.17, 15) is 10.2 Å². The minimum Gasteiger partial charge on any atom is -0.504 e. The van der Waals surface area contributed by atoms with Crippen LogP contribution in [0.3, 0.4) is 0 Å². The van der Waals surface area contributed by atoms with E-state index in [4.69, 9.17) is 22.7 Å². The monoisotopic (exact) mass is 487 g/mol. The lowest BCUT2D eigenvalue weighted by Crippen LogP contribution is -2.74. The zero-order valence-electron chi connectivity index (χ0n) is 19.5. The van der Waals surface area contributed by atoms with Crippen molar-refractivity contribution >= 4 is 28.1 Å². The van der Waals surface area contributed by atoms with E-state index in [2.05, 4.69) is 34.1 Å². The number of rotatable bonds is 4. The van der Waals surface area contributed by atoms with Gasteiger partial charge in [0.15, 0.2) is 17.6 Å². The van der Waals surface area contributed by atoms with Crippen LogP contribution in [0.15, 0.2) is 30.3 Å². The number of aromatic hydroxyl groups is 1. The van der Waals surface area contributed by atoms with Crippen molar-refractivity contribution in [2.24, 2.45) is 11.7 Å². The molecule has 3 aliphatic carbocycles. The van der Waals surface area contributed by atoms with Gasteiger partial charge >= 0.3 is 0 Å². The molecule has 5 N–H and O–H groups in total. The molecule has 6 nitrogen and oxygen atoms in total. The summed E-state index contributed by atoms with van der Waals surface area (Å²) in [4.78, 5) is 6.69. The van der Waals surface area contributed by atoms with Crippen molar-refractivity contribution in [2.45, 2.75) is 61.7 Å². The van der Waals surface area contributed by atoms with Crippen molar-refractivity contribution in [3.8, 4) is 11.5 Å². The van der Waals surface area contributed by atoms with Crippen LogP contribution in [0.1, 0.15) is 53.3 Å². The number of phenols is 1. The fraction of sp³-hybridized carbons (Fsp3) is 0.464. The van der Waals surface area contributed by atoms with Gasteiger partial charge in [-0.1, -0.05) is 24.4 Å². The number of H-pyrrole nitrogens is 1. The number of likely N-dealkylation sites (tertiary alicyclic amines) is 1. The first-order valence-electron chi connectivity index (χ1n) is 12.8. The number of nitrogens with two attached hydrogens (primary N) is 1. The van der Waals surface area contributed by atoms with Crippen LogP contribution < -0.4 is 10.5 Å². The molecule has 1 saturated heterocycles. The molecule has 0 amide bonds. The lowest BCUT2D eigenvalue weighted by Gasteiger charge is -2.62. The van der Waals surface area contributed by atoms with E-state index >= 15 is 0 Å². The molecule has 7 heteroatoms. The molecular weight excluding hydrogens is 458 g/mol. The van der Waals surface area contributed by atoms with Gasteiger partial charge < -0.3 is 25.7 Å². The van der Waals surface area contributed by atoms with Crippen LogP contribution in [0.2, 0.25) is 0 Å². The molecule has 8 rings (SSSR count). The van der Waals surface area contributed by atoms with Crippen LogP contribution in [-0.4, -0.2) is 49.8 Å². The van der Waals surface area contributed by atoms with Crippen molar-refractivity contribution in [1.82, 2.24) is 9.88 Å². The summed E-state index contributed by atoms with van der Waals surface area (Å²) in [5, 5.41) is 24.8. The third-order valence-electron chi connectivity index (χ3n) is 9.60. The average Bonchev–Trinajstić information content (AvgIpc) is 3.46. The molecular formula is C28H29N3O3S. The fourth-order valence-corrected chi connectivity index (χ4v) is 8.15. The number of fused-ring (bicyclic) bond motifs is 4. The molecule has 4 atom stereocenters. The van der Waals surface area contributed by atoms with E-state index in [1.54, 1.807) is 6.07 Å². The molecule has 3 heterocycles. The first-order valence-corrected chi connectivity index (χ1v) is 13.2. The molecule has 180 valence electrons. The number of nitrogens with zero attached hydrogens (tertiary/aromatic N) is 1. The van der Waals surface area contributed by atoms with E-state index < -0.39 is 11.0 Å². The summed E-state index contributed by atoms with van der Waals surface area (Å²) < 4.78 is 6.65. The minimum absolute atomic E-state index is 0.0313. The summed E-state index contributed by atoms with van der Waals surface area (Å²) in [5.74, 6) is 1.50. The van der Waals surface area contributed by atoms with Gasteiger partial charge in [-0.15, -0.1) is 0 Å². The molecule has 1 saturated carbocycles. The van der Waals surface area contributed by atoms with Crippen molar-refractivity contribution < 1.29 is 14.9 Å². The second-order valence-electron chi connectivity index (χ2n) is 11.5. The van der Waals surface area contributed by atoms with E-state index in [0.29, 0.717) is 23.6 Å². The third-order valence-corrected chi connectivity index (χ3v) is 9.75. The Labute approximate surface area is 209 Å². The maximum absolute atomic E-state index is 12.9. The lowest BCUT2D eigenvalue weighted by molar-refractivity contribution is -0.173. The van der Waals surface area contributed by atoms with Gasteiger partial charge in [0, 0.05) is 41.9 Å². The number of nitrogens with one attached hydrogen (secondary N) is 1. The summed E-state index contributed by atoms with van der Waals surface area (Å²) in [6.07, 6.45) is 4.97. The normalized spacial score (nSPS) is 32.3. The molecule has 2 aliphatic heterocycles. The van der Waals surface area contributed by atoms with Crippen LogP contribution in [0.4, 0.5) is 0 Å². The van der Waals surface area contributed by atoms with Gasteiger partial charge in [-0.05, 0) is 73.0 Å². The SMILES string of the molecule is NC(=S)Cc1ccc2[nH]c3c(c2c1)C[C@@]1(O)[C@@H]2Cc4ccc(O)c5c4[C@@]1(CCN2CC1CC1)[C@H]3O5. The van der Waals surface area contributed by atoms with E-state index in [0.717, 1.165) is 65.1 Å². The highest BCUT2D eigenvalue weighted by Crippen LogP contribution is 2.69. The van der Waals surface area contributed by atoms with Gasteiger partial charge in [0.1, 0.15) is 0 Å². The molecule has 0 unspecified atom stereocenters. The highest BCUT2D eigenvalue weighted by Gasteiger charge is 2.72. The Balaban J connectivity index is 1.37. The quantitative estimate of drug-likeness (QED) is 0.422. The van der Waals surface area contributed by atoms with Crippen LogP contribution in [-0.2, 0) is 24.7 Å². The van der Waals surface area contributed by atoms with E-state index in [-0.39, 0.29) is 17.9 Å². The van der Waals surface area contributed by atoms with Gasteiger partial charge in [-0.2, -0.15) is 0 Å². The third kappa shape index (κ3) is 2.49. The second-order valence-corrected chi connectivity index (χ2v) is 12.0. The summed E-state index contributed by atoms with van der Waals surface area (Å²) in [7, 11) is 0. The lowest BCUT2D eigenvalue weighted by atomic mass is 9.49. The Hall–Kier alpha value is -2.61. The first-order chi connectivity index (χ1) is 16.9. The fourth-order valence-electron chi connectivity index (χ4n) is 7.98. The molecule has 1 spiro atoms. The van der Waals surface area contributed by atoms with E-state index in [1.165, 1.54) is 18.4 Å². The highest BCUT2D eigenvalue weighted by molar-refractivity contribution is 7.80. The van der Waals surface area contributed by atoms with Crippen LogP contribution in [0, 0.1) is 5.92 Å². The van der Waals surface area contributed by atoms with E-state index in [1.807, 2.05) is 0 Å². The van der Waals surface area contributed by atoms with Crippen LogP contribution in [0.25, 0.3) is 10.9 Å². The number of hydrogen-bond acceptors (Lipinski definition) is 5. The predicted molar refractivity (Wildman–Crippen MR) is 137 cm³/mol. The van der Waals surface area contributed by atoms with Crippen molar-refractivity contribution in [1.29, 1.82) is 0 Å². The minimum atomic E-state index is -0.974. The number of ether oxygens (including phenoxy) is 1. The average molecular weight is 488 g/mol. The summed E-state index contributed by atoms with van der Waals surface area (Å²) >= 11 is 5.16. The van der Waals surface area contributed by atoms with Gasteiger partial charge in [-0.25, -0.2) is 0 Å². The number of aromatic nitrogens is 1. The van der Waals surface area contributed by atoms with Gasteiger partial charge in [0.2, 0.25) is 0 Å². The molecule has 0 radical (unpaired) electrons. The number of hydrogen-bond donors (Lipinski definition) is 4. The Morgan fingerprint density at radius 3 is 2.91 bits per heavy atom. The summed E-state index contributed by atoms with van der Waals surface area (Å²) in [6, 6.07) is 10.2. The highest BCUT2D eigenvalue weighted by atomic mass is 32.1. The van der Waals surface area contributed by atoms with Crippen molar-refractivity contribution in [3.05, 3.63) is 58.3 Å². The number of aromatic amines is 1. The number of thiocarbonyl (C=S) groups is 1. The maximum Gasteiger partial charge on any atom is 0.166 e. The summed E-state index contributed by atoms with van der Waals surface area (Å²) in [5.41, 5.74) is 10.8. The Bertz CT molecular complexity index is 1440. The second kappa shape index (κ2) is 6.58. The largest absolute Gasteiger partial charge is 0.504 e. The van der Waals surface area contributed by atoms with Gasteiger partial charge in [-0.3, -0.25) is 4.90 Å². The molecule has 35 heavy (non-hydrogen) atoms. The zero-order valence-corrected chi connectivity index (χ0v) is 20.3. The molecule has 1 aromatic heterocycles. The number of benzene rings is 2. The number of aliphatic hydroxyl groups is 1. The van der Waals surface area contributed by atoms with Crippen molar-refractivity contribution in [3.63, 3.8) is 0 Å². The maximum atomic E-state index is 12.9. The molecule has 2 aromatic carbocycles. The number of phenolic OH excluding ortho intramolecular Hbond substituents is 1.